The molecule has 0 radical (unpaired) electrons. The van der Waals surface area contributed by atoms with Gasteiger partial charge in [0.15, 0.2) is 0 Å². The number of nitrogens with one attached hydrogen (secondary N) is 1. The van der Waals surface area contributed by atoms with Crippen molar-refractivity contribution in [2.24, 2.45) is 0 Å². The number of likely N-dealkylation sites (tertiary alicyclic amines) is 1. The Balaban J connectivity index is 1.86. The predicted molar refractivity (Wildman–Crippen MR) is 70.2 cm³/mol. The second kappa shape index (κ2) is 5.55. The normalized spacial score (nSPS) is 22.0. The fourth-order valence-corrected chi connectivity index (χ4v) is 2.43. The summed E-state index contributed by atoms with van der Waals surface area (Å²) in [6, 6.07) is 8.58. The molecule has 0 spiro atoms. The van der Waals surface area contributed by atoms with Gasteiger partial charge in [0, 0.05) is 23.3 Å². The Morgan fingerprint density at radius 2 is 2.31 bits per heavy atom. The quantitative estimate of drug-likeness (QED) is 0.870. The summed E-state index contributed by atoms with van der Waals surface area (Å²) in [5.74, 6) is 0. The third-order valence-electron chi connectivity index (χ3n) is 3.29. The minimum atomic E-state index is 0.660. The van der Waals surface area contributed by atoms with Crippen LogP contribution in [0.3, 0.4) is 0 Å². The molecule has 2 rings (SSSR count). The molecule has 0 aromatic heterocycles. The molecule has 1 heterocycles. The van der Waals surface area contributed by atoms with Crippen molar-refractivity contribution >= 4 is 17.3 Å². The molecule has 1 fully saturated rings. The van der Waals surface area contributed by atoms with Crippen LogP contribution in [0.25, 0.3) is 0 Å². The highest BCUT2D eigenvalue weighted by atomic mass is 35.5. The Kier molecular flexibility index (Phi) is 4.08. The van der Waals surface area contributed by atoms with Crippen LogP contribution in [0.4, 0.5) is 5.69 Å². The van der Waals surface area contributed by atoms with Crippen LogP contribution in [0, 0.1) is 0 Å². The van der Waals surface area contributed by atoms with Gasteiger partial charge in [0.25, 0.3) is 0 Å². The third-order valence-corrected chi connectivity index (χ3v) is 3.52. The van der Waals surface area contributed by atoms with Crippen LogP contribution in [-0.2, 0) is 0 Å². The van der Waals surface area contributed by atoms with Gasteiger partial charge in [0.2, 0.25) is 0 Å². The van der Waals surface area contributed by atoms with Gasteiger partial charge in [-0.15, -0.1) is 0 Å². The van der Waals surface area contributed by atoms with Crippen molar-refractivity contribution in [3.05, 3.63) is 29.3 Å². The molecular weight excluding hydrogens is 220 g/mol. The van der Waals surface area contributed by atoms with Crippen LogP contribution in [0.15, 0.2) is 24.3 Å². The van der Waals surface area contributed by atoms with Gasteiger partial charge in [-0.3, -0.25) is 0 Å². The number of hydrogen-bond acceptors (Lipinski definition) is 2. The van der Waals surface area contributed by atoms with Gasteiger partial charge in [-0.1, -0.05) is 24.1 Å². The number of nitrogens with zero attached hydrogens (tertiary/aromatic N) is 1. The molecule has 3 heteroatoms. The number of benzene rings is 1. The van der Waals surface area contributed by atoms with E-state index in [0.717, 1.165) is 17.3 Å². The molecule has 1 aliphatic rings. The number of hydrogen-bond donors (Lipinski definition) is 1. The Morgan fingerprint density at radius 1 is 1.44 bits per heavy atom. The number of likely N-dealkylation sites (N-methyl/N-ethyl adjacent to an activating group) is 1. The highest BCUT2D eigenvalue weighted by Gasteiger charge is 2.18. The second-order valence-corrected chi connectivity index (χ2v) is 4.96. The number of halogens is 1. The summed E-state index contributed by atoms with van der Waals surface area (Å²) in [6.45, 7) is 2.23. The van der Waals surface area contributed by atoms with Crippen LogP contribution in [0.5, 0.6) is 0 Å². The van der Waals surface area contributed by atoms with Crippen molar-refractivity contribution in [3.63, 3.8) is 0 Å². The fourth-order valence-electron chi connectivity index (χ4n) is 2.24. The average Bonchev–Trinajstić information content (AvgIpc) is 2.28. The van der Waals surface area contributed by atoms with Crippen molar-refractivity contribution < 1.29 is 0 Å². The van der Waals surface area contributed by atoms with E-state index >= 15 is 0 Å². The van der Waals surface area contributed by atoms with Gasteiger partial charge in [-0.25, -0.2) is 0 Å². The highest BCUT2D eigenvalue weighted by molar-refractivity contribution is 6.30. The molecule has 0 aliphatic carbocycles. The Morgan fingerprint density at radius 3 is 3.06 bits per heavy atom. The van der Waals surface area contributed by atoms with Crippen molar-refractivity contribution in [2.45, 2.75) is 25.3 Å². The van der Waals surface area contributed by atoms with E-state index in [0.29, 0.717) is 6.04 Å². The minimum Gasteiger partial charge on any atom is -0.383 e. The molecule has 16 heavy (non-hydrogen) atoms. The topological polar surface area (TPSA) is 15.3 Å². The van der Waals surface area contributed by atoms with Gasteiger partial charge in [-0.2, -0.15) is 0 Å². The molecule has 1 aromatic rings. The molecule has 1 N–H and O–H groups in total. The van der Waals surface area contributed by atoms with E-state index in [1.54, 1.807) is 0 Å². The van der Waals surface area contributed by atoms with Gasteiger partial charge in [0.05, 0.1) is 0 Å². The molecule has 0 saturated carbocycles. The molecule has 1 aromatic carbocycles. The molecule has 1 aliphatic heterocycles. The van der Waals surface area contributed by atoms with Gasteiger partial charge in [0.1, 0.15) is 0 Å². The summed E-state index contributed by atoms with van der Waals surface area (Å²) in [5.41, 5.74) is 1.12. The lowest BCUT2D eigenvalue weighted by Crippen LogP contribution is -2.40. The molecule has 88 valence electrons. The summed E-state index contributed by atoms with van der Waals surface area (Å²) in [7, 11) is 2.21. The zero-order valence-corrected chi connectivity index (χ0v) is 10.5. The van der Waals surface area contributed by atoms with Crippen molar-refractivity contribution in [3.8, 4) is 0 Å². The van der Waals surface area contributed by atoms with Gasteiger partial charge >= 0.3 is 0 Å². The zero-order chi connectivity index (χ0) is 11.4. The van der Waals surface area contributed by atoms with E-state index in [4.69, 9.17) is 11.6 Å². The number of rotatable bonds is 3. The zero-order valence-electron chi connectivity index (χ0n) is 9.75. The van der Waals surface area contributed by atoms with Crippen LogP contribution in [-0.4, -0.2) is 31.1 Å². The summed E-state index contributed by atoms with van der Waals surface area (Å²) in [4.78, 5) is 2.45. The SMILES string of the molecule is CN1CCCCC1CNc1cccc(Cl)c1. The van der Waals surface area contributed by atoms with Gasteiger partial charge in [-0.05, 0) is 44.6 Å². The summed E-state index contributed by atoms with van der Waals surface area (Å²) >= 11 is 5.94. The first-order valence-electron chi connectivity index (χ1n) is 5.95. The first-order chi connectivity index (χ1) is 7.75. The average molecular weight is 239 g/mol. The Labute approximate surface area is 103 Å². The molecule has 0 amide bonds. The van der Waals surface area contributed by atoms with Crippen molar-refractivity contribution in [1.29, 1.82) is 0 Å². The van der Waals surface area contributed by atoms with E-state index in [-0.39, 0.29) is 0 Å². The van der Waals surface area contributed by atoms with Crippen molar-refractivity contribution in [1.82, 2.24) is 4.90 Å². The lowest BCUT2D eigenvalue weighted by atomic mass is 10.0. The first-order valence-corrected chi connectivity index (χ1v) is 6.33. The summed E-state index contributed by atoms with van der Waals surface area (Å²) in [6.07, 6.45) is 3.99. The maximum absolute atomic E-state index is 5.94. The molecule has 1 saturated heterocycles. The van der Waals surface area contributed by atoms with Crippen molar-refractivity contribution in [2.75, 3.05) is 25.5 Å². The van der Waals surface area contributed by atoms with Crippen LogP contribution < -0.4 is 5.32 Å². The molecule has 1 atom stereocenters. The van der Waals surface area contributed by atoms with Crippen LogP contribution in [0.1, 0.15) is 19.3 Å². The van der Waals surface area contributed by atoms with E-state index in [2.05, 4.69) is 23.3 Å². The minimum absolute atomic E-state index is 0.660. The standard InChI is InChI=1S/C13H19ClN2/c1-16-8-3-2-7-13(16)10-15-12-6-4-5-11(14)9-12/h4-6,9,13,15H,2-3,7-8,10H2,1H3. The lowest BCUT2D eigenvalue weighted by Gasteiger charge is -2.32. The fraction of sp³-hybridized carbons (Fsp3) is 0.538. The van der Waals surface area contributed by atoms with Crippen LogP contribution in [0.2, 0.25) is 5.02 Å². The Hall–Kier alpha value is -0.730. The second-order valence-electron chi connectivity index (χ2n) is 4.52. The van der Waals surface area contributed by atoms with Crippen LogP contribution >= 0.6 is 11.6 Å². The molecule has 0 bridgehead atoms. The lowest BCUT2D eigenvalue weighted by molar-refractivity contribution is 0.194. The van der Waals surface area contributed by atoms with E-state index in [9.17, 15) is 0 Å². The Bertz CT molecular complexity index is 340. The predicted octanol–water partition coefficient (Wildman–Crippen LogP) is 3.24. The highest BCUT2D eigenvalue weighted by Crippen LogP contribution is 2.18. The van der Waals surface area contributed by atoms with E-state index < -0.39 is 0 Å². The maximum atomic E-state index is 5.94. The molecule has 1 unspecified atom stereocenters. The molecule has 2 nitrogen and oxygen atoms in total. The van der Waals surface area contributed by atoms with Gasteiger partial charge < -0.3 is 10.2 Å². The third kappa shape index (κ3) is 3.13. The van der Waals surface area contributed by atoms with E-state index in [1.807, 2.05) is 18.2 Å². The number of piperidine rings is 1. The smallest absolute Gasteiger partial charge is 0.0426 e. The first kappa shape index (κ1) is 11.7. The van der Waals surface area contributed by atoms with E-state index in [1.165, 1.54) is 25.8 Å². The summed E-state index contributed by atoms with van der Waals surface area (Å²) in [5, 5.41) is 4.25. The molecular formula is C13H19ClN2. The largest absolute Gasteiger partial charge is 0.383 e. The summed E-state index contributed by atoms with van der Waals surface area (Å²) < 4.78 is 0. The monoisotopic (exact) mass is 238 g/mol. The number of anilines is 1. The maximum Gasteiger partial charge on any atom is 0.0426 e.